The van der Waals surface area contributed by atoms with Crippen molar-refractivity contribution in [2.45, 2.75) is 31.5 Å². The van der Waals surface area contributed by atoms with Crippen molar-refractivity contribution in [1.29, 1.82) is 0 Å². The van der Waals surface area contributed by atoms with Gasteiger partial charge in [-0.3, -0.25) is 14.3 Å². The predicted octanol–water partition coefficient (Wildman–Crippen LogP) is 4.24. The van der Waals surface area contributed by atoms with Gasteiger partial charge in [-0.15, -0.1) is 10.2 Å². The summed E-state index contributed by atoms with van der Waals surface area (Å²) in [5, 5.41) is 9.62. The normalized spacial score (nSPS) is 14.2. The van der Waals surface area contributed by atoms with Gasteiger partial charge in [0.2, 0.25) is 0 Å². The molecule has 0 aliphatic carbocycles. The molecule has 0 amide bonds. The number of para-hydroxylation sites is 1. The van der Waals surface area contributed by atoms with E-state index in [0.717, 1.165) is 42.1 Å². The number of Topliss-reactive ketones (excluding diaryl/α,β-unsaturated/α-hetero) is 1. The van der Waals surface area contributed by atoms with Crippen LogP contribution >= 0.6 is 11.8 Å². The van der Waals surface area contributed by atoms with Crippen molar-refractivity contribution >= 4 is 17.5 Å². The second-order valence-corrected chi connectivity index (χ2v) is 8.16. The van der Waals surface area contributed by atoms with Crippen molar-refractivity contribution in [2.24, 2.45) is 0 Å². The summed E-state index contributed by atoms with van der Waals surface area (Å²) in [6.45, 7) is 5.52. The summed E-state index contributed by atoms with van der Waals surface area (Å²) in [5.74, 6) is 2.06. The van der Waals surface area contributed by atoms with Crippen LogP contribution in [0.5, 0.6) is 5.75 Å². The summed E-state index contributed by atoms with van der Waals surface area (Å²) in [6.07, 6.45) is 2.47. The smallest absolute Gasteiger partial charge is 0.196 e. The van der Waals surface area contributed by atoms with Crippen LogP contribution in [0.2, 0.25) is 0 Å². The number of rotatable bonds is 9. The zero-order chi connectivity index (χ0) is 20.8. The fourth-order valence-corrected chi connectivity index (χ4v) is 4.46. The third-order valence-corrected chi connectivity index (χ3v) is 6.03. The molecule has 0 unspecified atom stereocenters. The van der Waals surface area contributed by atoms with E-state index in [0.29, 0.717) is 17.9 Å². The standard InChI is InChI=1S/C23H26N4O2S/c1-2-29-20-12-10-18(11-13-20)21(28)17-30-23-25-24-22(16-26-14-6-7-15-26)27(23)19-8-4-3-5-9-19/h3-5,8-13H,2,6-7,14-17H2,1H3. The Morgan fingerprint density at radius 1 is 1.03 bits per heavy atom. The lowest BCUT2D eigenvalue weighted by atomic mass is 10.1. The molecule has 0 atom stereocenters. The molecule has 0 radical (unpaired) electrons. The highest BCUT2D eigenvalue weighted by molar-refractivity contribution is 7.99. The van der Waals surface area contributed by atoms with Crippen LogP contribution in [0.15, 0.2) is 59.8 Å². The number of nitrogens with zero attached hydrogens (tertiary/aromatic N) is 4. The highest BCUT2D eigenvalue weighted by Gasteiger charge is 2.20. The van der Waals surface area contributed by atoms with Gasteiger partial charge >= 0.3 is 0 Å². The molecule has 1 aliphatic rings. The van der Waals surface area contributed by atoms with Crippen molar-refractivity contribution in [3.8, 4) is 11.4 Å². The number of thioether (sulfide) groups is 1. The van der Waals surface area contributed by atoms with Crippen LogP contribution in [0.1, 0.15) is 35.9 Å². The van der Waals surface area contributed by atoms with Crippen LogP contribution in [-0.4, -0.2) is 50.9 Å². The van der Waals surface area contributed by atoms with Crippen LogP contribution < -0.4 is 4.74 Å². The largest absolute Gasteiger partial charge is 0.494 e. The zero-order valence-electron chi connectivity index (χ0n) is 17.2. The molecule has 6 nitrogen and oxygen atoms in total. The summed E-state index contributed by atoms with van der Waals surface area (Å²) >= 11 is 1.43. The maximum atomic E-state index is 12.7. The lowest BCUT2D eigenvalue weighted by Gasteiger charge is -2.15. The number of carbonyl (C=O) groups excluding carboxylic acids is 1. The van der Waals surface area contributed by atoms with Gasteiger partial charge < -0.3 is 4.74 Å². The van der Waals surface area contributed by atoms with E-state index in [2.05, 4.69) is 31.8 Å². The van der Waals surface area contributed by atoms with E-state index in [9.17, 15) is 4.79 Å². The number of hydrogen-bond donors (Lipinski definition) is 0. The van der Waals surface area contributed by atoms with Gasteiger partial charge in [0.25, 0.3) is 0 Å². The first-order chi connectivity index (χ1) is 14.7. The Hall–Kier alpha value is -2.64. The molecule has 4 rings (SSSR count). The molecule has 2 heterocycles. The minimum Gasteiger partial charge on any atom is -0.494 e. The van der Waals surface area contributed by atoms with Crippen LogP contribution in [0.4, 0.5) is 0 Å². The van der Waals surface area contributed by atoms with Crippen LogP contribution in [0, 0.1) is 0 Å². The molecule has 0 spiro atoms. The molecule has 1 aromatic heterocycles. The highest BCUT2D eigenvalue weighted by Crippen LogP contribution is 2.25. The third-order valence-electron chi connectivity index (χ3n) is 5.10. The Morgan fingerprint density at radius 2 is 1.77 bits per heavy atom. The Labute approximate surface area is 181 Å². The van der Waals surface area contributed by atoms with E-state index >= 15 is 0 Å². The summed E-state index contributed by atoms with van der Waals surface area (Å²) in [5.41, 5.74) is 1.70. The SMILES string of the molecule is CCOc1ccc(C(=O)CSc2nnc(CN3CCCC3)n2-c2ccccc2)cc1. The first-order valence-corrected chi connectivity index (χ1v) is 11.3. The van der Waals surface area contributed by atoms with Gasteiger partial charge in [-0.05, 0) is 69.3 Å². The van der Waals surface area contributed by atoms with Crippen LogP contribution in [0.25, 0.3) is 5.69 Å². The number of ketones is 1. The minimum atomic E-state index is 0.0618. The third kappa shape index (κ3) is 4.91. The van der Waals surface area contributed by atoms with Gasteiger partial charge in [0.05, 0.1) is 18.9 Å². The number of hydrogen-bond acceptors (Lipinski definition) is 6. The number of carbonyl (C=O) groups is 1. The summed E-state index contributed by atoms with van der Waals surface area (Å²) in [7, 11) is 0. The molecule has 1 fully saturated rings. The highest BCUT2D eigenvalue weighted by atomic mass is 32.2. The molecule has 1 aliphatic heterocycles. The average molecular weight is 423 g/mol. The minimum absolute atomic E-state index is 0.0618. The lowest BCUT2D eigenvalue weighted by Crippen LogP contribution is -2.21. The van der Waals surface area contributed by atoms with E-state index in [1.165, 1.54) is 24.6 Å². The number of benzene rings is 2. The maximum Gasteiger partial charge on any atom is 0.196 e. The lowest BCUT2D eigenvalue weighted by molar-refractivity contribution is 0.102. The number of likely N-dealkylation sites (tertiary alicyclic amines) is 1. The van der Waals surface area contributed by atoms with Crippen LogP contribution in [-0.2, 0) is 6.54 Å². The second-order valence-electron chi connectivity index (χ2n) is 7.22. The fraction of sp³-hybridized carbons (Fsp3) is 0.348. The second kappa shape index (κ2) is 9.91. The van der Waals surface area contributed by atoms with Crippen molar-refractivity contribution in [3.63, 3.8) is 0 Å². The molecule has 7 heteroatoms. The van der Waals surface area contributed by atoms with E-state index < -0.39 is 0 Å². The van der Waals surface area contributed by atoms with Gasteiger partial charge in [0.1, 0.15) is 5.75 Å². The molecule has 0 saturated carbocycles. The zero-order valence-corrected chi connectivity index (χ0v) is 18.0. The van der Waals surface area contributed by atoms with Gasteiger partial charge in [-0.2, -0.15) is 0 Å². The average Bonchev–Trinajstić information content (AvgIpc) is 3.44. The van der Waals surface area contributed by atoms with E-state index in [1.54, 1.807) is 0 Å². The van der Waals surface area contributed by atoms with E-state index in [1.807, 2.05) is 49.4 Å². The molecule has 1 saturated heterocycles. The topological polar surface area (TPSA) is 60.2 Å². The van der Waals surface area contributed by atoms with Crippen molar-refractivity contribution in [2.75, 3.05) is 25.4 Å². The Kier molecular flexibility index (Phi) is 6.81. The number of aromatic nitrogens is 3. The van der Waals surface area contributed by atoms with Crippen LogP contribution in [0.3, 0.4) is 0 Å². The van der Waals surface area contributed by atoms with Gasteiger partial charge in [-0.1, -0.05) is 30.0 Å². The van der Waals surface area contributed by atoms with E-state index in [4.69, 9.17) is 4.74 Å². The summed E-state index contributed by atoms with van der Waals surface area (Å²) in [6, 6.07) is 17.4. The van der Waals surface area contributed by atoms with Crippen molar-refractivity contribution in [3.05, 3.63) is 66.0 Å². The van der Waals surface area contributed by atoms with Gasteiger partial charge in [-0.25, -0.2) is 0 Å². The Balaban J connectivity index is 1.50. The maximum absolute atomic E-state index is 12.7. The molecule has 0 bridgehead atoms. The quantitative estimate of drug-likeness (QED) is 0.380. The van der Waals surface area contributed by atoms with Crippen molar-refractivity contribution < 1.29 is 9.53 Å². The predicted molar refractivity (Wildman–Crippen MR) is 119 cm³/mol. The molecular formula is C23H26N4O2S. The molecule has 0 N–H and O–H groups in total. The summed E-state index contributed by atoms with van der Waals surface area (Å²) < 4.78 is 7.53. The van der Waals surface area contributed by atoms with Gasteiger partial charge in [0, 0.05) is 11.3 Å². The van der Waals surface area contributed by atoms with Gasteiger partial charge in [0.15, 0.2) is 16.8 Å². The molecule has 30 heavy (non-hydrogen) atoms. The first-order valence-electron chi connectivity index (χ1n) is 10.4. The Morgan fingerprint density at radius 3 is 2.47 bits per heavy atom. The van der Waals surface area contributed by atoms with Crippen molar-refractivity contribution in [1.82, 2.24) is 19.7 Å². The first kappa shape index (κ1) is 20.6. The number of ether oxygens (including phenoxy) is 1. The fourth-order valence-electron chi connectivity index (χ4n) is 3.59. The Bertz CT molecular complexity index is 967. The molecule has 3 aromatic rings. The monoisotopic (exact) mass is 422 g/mol. The molecule has 156 valence electrons. The summed E-state index contributed by atoms with van der Waals surface area (Å²) in [4.78, 5) is 15.1. The molecule has 2 aromatic carbocycles. The van der Waals surface area contributed by atoms with E-state index in [-0.39, 0.29) is 5.78 Å². The molecular weight excluding hydrogens is 396 g/mol.